The average Bonchev–Trinajstić information content (AvgIpc) is 2.43. The van der Waals surface area contributed by atoms with E-state index in [1.165, 1.54) is 19.2 Å². The molecule has 0 amide bonds. The topological polar surface area (TPSA) is 44.5 Å². The quantitative estimate of drug-likeness (QED) is 0.919. The van der Waals surface area contributed by atoms with Crippen molar-refractivity contribution in [3.63, 3.8) is 0 Å². The number of halogens is 3. The van der Waals surface area contributed by atoms with Crippen LogP contribution < -0.4 is 15.2 Å². The molecule has 0 fully saturated rings. The van der Waals surface area contributed by atoms with Crippen molar-refractivity contribution in [2.45, 2.75) is 0 Å². The maximum Gasteiger partial charge on any atom is 0.161 e. The minimum absolute atomic E-state index is 0. The maximum atomic E-state index is 13.2. The van der Waals surface area contributed by atoms with E-state index in [0.717, 1.165) is 6.07 Å². The summed E-state index contributed by atoms with van der Waals surface area (Å²) in [6.07, 6.45) is 0. The van der Waals surface area contributed by atoms with E-state index in [1.54, 1.807) is 18.2 Å². The predicted molar refractivity (Wildman–Crippen MR) is 80.1 cm³/mol. The molecular weight excluding hydrogens is 300 g/mol. The smallest absolute Gasteiger partial charge is 0.161 e. The third-order valence-corrected chi connectivity index (χ3v) is 2.73. The van der Waals surface area contributed by atoms with Crippen LogP contribution in [0.3, 0.4) is 0 Å². The van der Waals surface area contributed by atoms with E-state index in [4.69, 9.17) is 15.2 Å². The van der Waals surface area contributed by atoms with Crippen molar-refractivity contribution in [2.24, 2.45) is 5.73 Å². The van der Waals surface area contributed by atoms with Crippen molar-refractivity contribution in [2.75, 3.05) is 20.3 Å². The van der Waals surface area contributed by atoms with Crippen LogP contribution >= 0.6 is 12.4 Å². The molecule has 0 saturated carbocycles. The molecule has 0 aliphatic carbocycles. The van der Waals surface area contributed by atoms with Gasteiger partial charge in [-0.05, 0) is 35.4 Å². The first-order chi connectivity index (χ1) is 9.63. The predicted octanol–water partition coefficient (Wildman–Crippen LogP) is 3.40. The molecule has 2 rings (SSSR count). The van der Waals surface area contributed by atoms with Gasteiger partial charge in [0.15, 0.2) is 11.5 Å². The van der Waals surface area contributed by atoms with E-state index in [2.05, 4.69) is 0 Å². The fourth-order valence-corrected chi connectivity index (χ4v) is 1.86. The zero-order valence-corrected chi connectivity index (χ0v) is 12.3. The minimum atomic E-state index is -0.623. The lowest BCUT2D eigenvalue weighted by Crippen LogP contribution is -2.11. The second-order valence-corrected chi connectivity index (χ2v) is 4.16. The van der Waals surface area contributed by atoms with Crippen molar-refractivity contribution >= 4 is 12.4 Å². The van der Waals surface area contributed by atoms with Crippen LogP contribution in [0.4, 0.5) is 8.78 Å². The van der Waals surface area contributed by atoms with Gasteiger partial charge in [-0.2, -0.15) is 0 Å². The summed E-state index contributed by atoms with van der Waals surface area (Å²) in [7, 11) is 1.50. The first-order valence-electron chi connectivity index (χ1n) is 6.11. The number of methoxy groups -OCH3 is 1. The molecule has 114 valence electrons. The molecule has 2 aromatic rings. The number of rotatable bonds is 5. The first kappa shape index (κ1) is 17.2. The Kier molecular flexibility index (Phi) is 6.39. The summed E-state index contributed by atoms with van der Waals surface area (Å²) in [6, 6.07) is 8.42. The molecule has 0 saturated heterocycles. The SMILES string of the molecule is COc1cc(-c2cc(F)cc(F)c2)ccc1OCCN.Cl. The highest BCUT2D eigenvalue weighted by molar-refractivity contribution is 5.85. The van der Waals surface area contributed by atoms with E-state index in [9.17, 15) is 8.78 Å². The van der Waals surface area contributed by atoms with Crippen LogP contribution in [-0.2, 0) is 0 Å². The van der Waals surface area contributed by atoms with Crippen molar-refractivity contribution in [3.8, 4) is 22.6 Å². The number of nitrogens with two attached hydrogens (primary N) is 1. The molecule has 0 unspecified atom stereocenters. The van der Waals surface area contributed by atoms with Crippen molar-refractivity contribution in [1.82, 2.24) is 0 Å². The molecule has 2 N–H and O–H groups in total. The number of hydrogen-bond donors (Lipinski definition) is 1. The summed E-state index contributed by atoms with van der Waals surface area (Å²) in [5.41, 5.74) is 6.45. The lowest BCUT2D eigenvalue weighted by Gasteiger charge is -2.12. The van der Waals surface area contributed by atoms with Gasteiger partial charge < -0.3 is 15.2 Å². The highest BCUT2D eigenvalue weighted by Crippen LogP contribution is 2.33. The van der Waals surface area contributed by atoms with Gasteiger partial charge in [0.1, 0.15) is 18.2 Å². The molecule has 2 aromatic carbocycles. The summed E-state index contributed by atoms with van der Waals surface area (Å²) in [5, 5.41) is 0. The second-order valence-electron chi connectivity index (χ2n) is 4.16. The summed E-state index contributed by atoms with van der Waals surface area (Å²) in [6.45, 7) is 0.754. The Labute approximate surface area is 128 Å². The molecular formula is C15H16ClF2NO2. The van der Waals surface area contributed by atoms with E-state index in [0.29, 0.717) is 35.8 Å². The average molecular weight is 316 g/mol. The Morgan fingerprint density at radius 3 is 2.19 bits per heavy atom. The summed E-state index contributed by atoms with van der Waals surface area (Å²) in [4.78, 5) is 0. The Morgan fingerprint density at radius 1 is 0.952 bits per heavy atom. The molecule has 0 aliphatic heterocycles. The molecule has 0 aromatic heterocycles. The first-order valence-corrected chi connectivity index (χ1v) is 6.11. The van der Waals surface area contributed by atoms with E-state index >= 15 is 0 Å². The van der Waals surface area contributed by atoms with Gasteiger partial charge in [-0.15, -0.1) is 12.4 Å². The molecule has 0 atom stereocenters. The molecule has 0 spiro atoms. The Hall–Kier alpha value is -1.85. The van der Waals surface area contributed by atoms with Crippen LogP contribution in [0.2, 0.25) is 0 Å². The van der Waals surface area contributed by atoms with Gasteiger partial charge >= 0.3 is 0 Å². The second kappa shape index (κ2) is 7.81. The van der Waals surface area contributed by atoms with Crippen LogP contribution in [0, 0.1) is 11.6 Å². The van der Waals surface area contributed by atoms with Gasteiger partial charge in [-0.1, -0.05) is 6.07 Å². The van der Waals surface area contributed by atoms with Gasteiger partial charge in [-0.3, -0.25) is 0 Å². The standard InChI is InChI=1S/C15H15F2NO2.ClH/c1-19-15-8-10(2-3-14(15)20-5-4-18)11-6-12(16)9-13(17)7-11;/h2-3,6-9H,4-5,18H2,1H3;1H. The van der Waals surface area contributed by atoms with E-state index < -0.39 is 11.6 Å². The van der Waals surface area contributed by atoms with Gasteiger partial charge in [0, 0.05) is 12.6 Å². The Balaban J connectivity index is 0.00000220. The third kappa shape index (κ3) is 4.31. The highest BCUT2D eigenvalue weighted by atomic mass is 35.5. The fraction of sp³-hybridized carbons (Fsp3) is 0.200. The molecule has 0 radical (unpaired) electrons. The van der Waals surface area contributed by atoms with E-state index in [-0.39, 0.29) is 12.4 Å². The van der Waals surface area contributed by atoms with Crippen LogP contribution in [0.1, 0.15) is 0 Å². The van der Waals surface area contributed by atoms with Crippen LogP contribution in [0.5, 0.6) is 11.5 Å². The minimum Gasteiger partial charge on any atom is -0.493 e. The maximum absolute atomic E-state index is 13.2. The van der Waals surface area contributed by atoms with Crippen molar-refractivity contribution in [3.05, 3.63) is 48.0 Å². The van der Waals surface area contributed by atoms with Gasteiger partial charge in [-0.25, -0.2) is 8.78 Å². The largest absolute Gasteiger partial charge is 0.493 e. The number of hydrogen-bond acceptors (Lipinski definition) is 3. The van der Waals surface area contributed by atoms with Gasteiger partial charge in [0.25, 0.3) is 0 Å². The van der Waals surface area contributed by atoms with Crippen LogP contribution in [0.15, 0.2) is 36.4 Å². The summed E-state index contributed by atoms with van der Waals surface area (Å²) < 4.78 is 37.1. The van der Waals surface area contributed by atoms with Gasteiger partial charge in [0.2, 0.25) is 0 Å². The highest BCUT2D eigenvalue weighted by Gasteiger charge is 2.09. The summed E-state index contributed by atoms with van der Waals surface area (Å²) >= 11 is 0. The lowest BCUT2D eigenvalue weighted by atomic mass is 10.0. The van der Waals surface area contributed by atoms with Crippen molar-refractivity contribution in [1.29, 1.82) is 0 Å². The van der Waals surface area contributed by atoms with Crippen molar-refractivity contribution < 1.29 is 18.3 Å². The Morgan fingerprint density at radius 2 is 1.62 bits per heavy atom. The normalized spacial score (nSPS) is 9.90. The van der Waals surface area contributed by atoms with Crippen LogP contribution in [0.25, 0.3) is 11.1 Å². The van der Waals surface area contributed by atoms with E-state index in [1.807, 2.05) is 0 Å². The molecule has 21 heavy (non-hydrogen) atoms. The Bertz CT molecular complexity index is 588. The molecule has 3 nitrogen and oxygen atoms in total. The number of benzene rings is 2. The molecule has 6 heteroatoms. The number of ether oxygens (including phenoxy) is 2. The monoisotopic (exact) mass is 315 g/mol. The molecule has 0 heterocycles. The van der Waals surface area contributed by atoms with Crippen LogP contribution in [-0.4, -0.2) is 20.3 Å². The van der Waals surface area contributed by atoms with Gasteiger partial charge in [0.05, 0.1) is 7.11 Å². The third-order valence-electron chi connectivity index (χ3n) is 2.73. The lowest BCUT2D eigenvalue weighted by molar-refractivity contribution is 0.302. The molecule has 0 bridgehead atoms. The fourth-order valence-electron chi connectivity index (χ4n) is 1.86. The zero-order chi connectivity index (χ0) is 14.5. The zero-order valence-electron chi connectivity index (χ0n) is 11.4. The summed E-state index contributed by atoms with van der Waals surface area (Å²) in [5.74, 6) is -0.218. The molecule has 0 aliphatic rings.